The van der Waals surface area contributed by atoms with E-state index in [0.717, 1.165) is 36.5 Å². The van der Waals surface area contributed by atoms with Crippen molar-refractivity contribution in [2.45, 2.75) is 157 Å². The van der Waals surface area contributed by atoms with Gasteiger partial charge in [0.25, 0.3) is 0 Å². The Morgan fingerprint density at radius 1 is 0.778 bits per heavy atom. The maximum atomic E-state index is 10.9. The van der Waals surface area contributed by atoms with Crippen LogP contribution in [0.4, 0.5) is 0 Å². The summed E-state index contributed by atoms with van der Waals surface area (Å²) >= 11 is 0. The monoisotopic (exact) mass is 500 g/mol. The summed E-state index contributed by atoms with van der Waals surface area (Å²) in [4.78, 5) is 0. The first-order chi connectivity index (χ1) is 16.5. The van der Waals surface area contributed by atoms with Gasteiger partial charge in [-0.3, -0.25) is 0 Å². The molecule has 0 bridgehead atoms. The van der Waals surface area contributed by atoms with Crippen LogP contribution in [0.2, 0.25) is 0 Å². The van der Waals surface area contributed by atoms with Gasteiger partial charge in [0, 0.05) is 0 Å². The Bertz CT molecular complexity index is 907. The number of aliphatic hydroxyl groups is 1. The standard InChI is InChI=1S/C33H56O3/c1-21(10-13-26-28(4,5)36-29(6,7)35-26)22-14-16-31(9)24-12-11-23-27(2,3)25(34)15-17-32(23)20-33(24,32)19-18-30(22,31)8/h21-26,34H,10-20H2,1-9H3/t21-,22-,23+,24+,25+,26+,30-,31+,32-,33+/m0/s1. The molecule has 1 heterocycles. The first kappa shape index (κ1) is 26.1. The zero-order valence-electron chi connectivity index (χ0n) is 25.0. The van der Waals surface area contributed by atoms with E-state index in [9.17, 15) is 5.11 Å². The van der Waals surface area contributed by atoms with Crippen molar-refractivity contribution in [3.05, 3.63) is 0 Å². The Kier molecular flexibility index (Phi) is 5.47. The van der Waals surface area contributed by atoms with Crippen LogP contribution in [0, 0.1) is 50.7 Å². The van der Waals surface area contributed by atoms with E-state index in [4.69, 9.17) is 9.47 Å². The van der Waals surface area contributed by atoms with Crippen LogP contribution in [-0.2, 0) is 9.47 Å². The number of hydrogen-bond acceptors (Lipinski definition) is 3. The van der Waals surface area contributed by atoms with Crippen molar-refractivity contribution in [2.24, 2.45) is 50.7 Å². The first-order valence-electron chi connectivity index (χ1n) is 15.6. The van der Waals surface area contributed by atoms with E-state index < -0.39 is 5.79 Å². The Labute approximate surface area is 221 Å². The van der Waals surface area contributed by atoms with Crippen molar-refractivity contribution in [1.29, 1.82) is 0 Å². The maximum Gasteiger partial charge on any atom is 0.164 e. The maximum absolute atomic E-state index is 10.9. The van der Waals surface area contributed by atoms with Crippen molar-refractivity contribution in [2.75, 3.05) is 0 Å². The van der Waals surface area contributed by atoms with Crippen molar-refractivity contribution in [1.82, 2.24) is 0 Å². The van der Waals surface area contributed by atoms with Gasteiger partial charge in [-0.05, 0) is 149 Å². The molecule has 0 aromatic heterocycles. The van der Waals surface area contributed by atoms with Crippen LogP contribution < -0.4 is 0 Å². The van der Waals surface area contributed by atoms with Gasteiger partial charge in [-0.2, -0.15) is 0 Å². The molecule has 1 aliphatic heterocycles. The highest BCUT2D eigenvalue weighted by Gasteiger charge is 2.82. The molecular formula is C33H56O3. The second kappa shape index (κ2) is 7.54. The predicted molar refractivity (Wildman–Crippen MR) is 145 cm³/mol. The average molecular weight is 501 g/mol. The third-order valence-electron chi connectivity index (χ3n) is 14.4. The molecule has 3 heteroatoms. The van der Waals surface area contributed by atoms with Crippen LogP contribution >= 0.6 is 0 Å². The van der Waals surface area contributed by atoms with Gasteiger partial charge in [0.1, 0.15) is 0 Å². The summed E-state index contributed by atoms with van der Waals surface area (Å²) in [6.45, 7) is 21.3. The fourth-order valence-electron chi connectivity index (χ4n) is 12.5. The second-order valence-corrected chi connectivity index (χ2v) is 16.8. The molecule has 6 aliphatic rings. The van der Waals surface area contributed by atoms with Crippen molar-refractivity contribution in [3.63, 3.8) is 0 Å². The fourth-order valence-corrected chi connectivity index (χ4v) is 12.5. The number of rotatable bonds is 4. The van der Waals surface area contributed by atoms with E-state index >= 15 is 0 Å². The highest BCUT2D eigenvalue weighted by molar-refractivity contribution is 5.30. The second-order valence-electron chi connectivity index (χ2n) is 16.8. The van der Waals surface area contributed by atoms with Crippen molar-refractivity contribution >= 4 is 0 Å². The van der Waals surface area contributed by atoms with Gasteiger partial charge in [0.15, 0.2) is 5.79 Å². The van der Waals surface area contributed by atoms with Crippen LogP contribution in [0.3, 0.4) is 0 Å². The minimum Gasteiger partial charge on any atom is -0.393 e. The number of hydrogen-bond donors (Lipinski definition) is 1. The van der Waals surface area contributed by atoms with Crippen LogP contribution in [0.15, 0.2) is 0 Å². The molecule has 0 aromatic rings. The molecule has 6 fully saturated rings. The van der Waals surface area contributed by atoms with E-state index in [1.54, 1.807) is 0 Å². The lowest BCUT2D eigenvalue weighted by Crippen LogP contribution is -2.57. The Balaban J connectivity index is 1.20. The first-order valence-corrected chi connectivity index (χ1v) is 15.6. The average Bonchev–Trinajstić information content (AvgIpc) is 3.27. The van der Waals surface area contributed by atoms with E-state index in [2.05, 4.69) is 62.3 Å². The zero-order valence-corrected chi connectivity index (χ0v) is 25.0. The van der Waals surface area contributed by atoms with Crippen LogP contribution in [0.25, 0.3) is 0 Å². The molecule has 5 aliphatic carbocycles. The van der Waals surface area contributed by atoms with Gasteiger partial charge in [-0.25, -0.2) is 0 Å². The summed E-state index contributed by atoms with van der Waals surface area (Å²) in [5.41, 5.74) is 1.97. The van der Waals surface area contributed by atoms with Gasteiger partial charge >= 0.3 is 0 Å². The molecule has 6 rings (SSSR count). The van der Waals surface area contributed by atoms with E-state index in [-0.39, 0.29) is 23.2 Å². The van der Waals surface area contributed by atoms with E-state index in [1.807, 2.05) is 0 Å². The molecule has 206 valence electrons. The molecule has 1 N–H and O–H groups in total. The number of aliphatic hydroxyl groups excluding tert-OH is 1. The van der Waals surface area contributed by atoms with E-state index in [1.165, 1.54) is 57.8 Å². The van der Waals surface area contributed by atoms with Gasteiger partial charge < -0.3 is 14.6 Å². The van der Waals surface area contributed by atoms with Gasteiger partial charge in [0.05, 0.1) is 17.8 Å². The van der Waals surface area contributed by atoms with Crippen molar-refractivity contribution < 1.29 is 14.6 Å². The number of fused-ring (bicyclic) bond motifs is 2. The van der Waals surface area contributed by atoms with Crippen LogP contribution in [0.5, 0.6) is 0 Å². The lowest BCUT2D eigenvalue weighted by Gasteiger charge is -2.63. The van der Waals surface area contributed by atoms with Crippen LogP contribution in [-0.4, -0.2) is 28.7 Å². The lowest BCUT2D eigenvalue weighted by molar-refractivity contribution is -0.162. The smallest absolute Gasteiger partial charge is 0.164 e. The van der Waals surface area contributed by atoms with Gasteiger partial charge in [0.2, 0.25) is 0 Å². The molecule has 0 radical (unpaired) electrons. The molecule has 3 nitrogen and oxygen atoms in total. The highest BCUT2D eigenvalue weighted by atomic mass is 16.8. The van der Waals surface area contributed by atoms with Gasteiger partial charge in [-0.1, -0.05) is 34.6 Å². The molecule has 0 amide bonds. The third kappa shape index (κ3) is 3.15. The summed E-state index contributed by atoms with van der Waals surface area (Å²) in [7, 11) is 0. The Morgan fingerprint density at radius 3 is 2.11 bits per heavy atom. The quantitative estimate of drug-likeness (QED) is 0.423. The molecule has 5 saturated carbocycles. The topological polar surface area (TPSA) is 38.7 Å². The molecule has 1 saturated heterocycles. The minimum absolute atomic E-state index is 0.0927. The molecule has 0 unspecified atom stereocenters. The fraction of sp³-hybridized carbons (Fsp3) is 1.00. The van der Waals surface area contributed by atoms with Crippen LogP contribution in [0.1, 0.15) is 133 Å². The van der Waals surface area contributed by atoms with Gasteiger partial charge in [-0.15, -0.1) is 0 Å². The normalized spacial score (nSPS) is 54.7. The summed E-state index contributed by atoms with van der Waals surface area (Å²) in [6.07, 6.45) is 14.7. The minimum atomic E-state index is -0.463. The molecular weight excluding hydrogens is 444 g/mol. The number of ether oxygens (including phenoxy) is 2. The summed E-state index contributed by atoms with van der Waals surface area (Å²) in [5, 5.41) is 10.9. The molecule has 0 aromatic carbocycles. The molecule has 10 atom stereocenters. The molecule has 36 heavy (non-hydrogen) atoms. The summed E-state index contributed by atoms with van der Waals surface area (Å²) in [6, 6.07) is 0. The SMILES string of the molecule is C[C@@H](CC[C@H]1OC(C)(C)OC1(C)C)[C@@H]1CC[C@]2(C)[C@H]3CC[C@@H]4C(C)(C)[C@H](O)CC[C@]45C[C@]35CC[C@@]12C. The zero-order chi connectivity index (χ0) is 26.2. The molecule has 2 spiro atoms. The third-order valence-corrected chi connectivity index (χ3v) is 14.4. The predicted octanol–water partition coefficient (Wildman–Crippen LogP) is 8.13. The van der Waals surface area contributed by atoms with Crippen molar-refractivity contribution in [3.8, 4) is 0 Å². The largest absolute Gasteiger partial charge is 0.393 e. The highest BCUT2D eigenvalue weighted by Crippen LogP contribution is 2.89. The lowest BCUT2D eigenvalue weighted by atomic mass is 9.41. The Morgan fingerprint density at radius 2 is 1.44 bits per heavy atom. The summed E-state index contributed by atoms with van der Waals surface area (Å²) in [5.74, 6) is 2.73. The Hall–Kier alpha value is -0.120. The van der Waals surface area contributed by atoms with E-state index in [0.29, 0.717) is 21.7 Å². The summed E-state index contributed by atoms with van der Waals surface area (Å²) < 4.78 is 12.6.